The molecule has 23 heteroatoms. The molecule has 4 amide bonds. The number of hydrogen-bond acceptors (Lipinski definition) is 14. The summed E-state index contributed by atoms with van der Waals surface area (Å²) in [5.74, 6) is 2.75. The molecule has 5 heterocycles. The highest BCUT2D eigenvalue weighted by atomic mass is 19.4. The van der Waals surface area contributed by atoms with E-state index in [1.165, 1.54) is 18.6 Å². The molecular weight excluding hydrogens is 1010 g/mol. The third-order valence-corrected chi connectivity index (χ3v) is 14.3. The molecule has 2 aromatic carbocycles. The Morgan fingerprint density at radius 2 is 1.47 bits per heavy atom. The Morgan fingerprint density at radius 3 is 2.00 bits per heavy atom. The Morgan fingerprint density at radius 1 is 0.844 bits per heavy atom. The van der Waals surface area contributed by atoms with Gasteiger partial charge in [0.25, 0.3) is 5.91 Å². The van der Waals surface area contributed by atoms with Gasteiger partial charge < -0.3 is 40.2 Å². The summed E-state index contributed by atoms with van der Waals surface area (Å²) in [5, 5.41) is 20.0. The number of aliphatic hydroxyl groups excluding tert-OH is 1. The zero-order valence-electron chi connectivity index (χ0n) is 44.1. The Hall–Kier alpha value is -7.00. The first-order valence-corrected chi connectivity index (χ1v) is 25.1. The number of hydrogen-bond donors (Lipinski definition) is 5. The van der Waals surface area contributed by atoms with Gasteiger partial charge in [0.15, 0.2) is 0 Å². The number of aliphatic hydroxyl groups is 1. The number of rotatable bonds is 17. The summed E-state index contributed by atoms with van der Waals surface area (Å²) in [6, 6.07) is 8.73. The van der Waals surface area contributed by atoms with Crippen LogP contribution in [0, 0.1) is 41.2 Å². The monoisotopic (exact) mass is 1080 g/mol. The first kappa shape index (κ1) is 57.7. The van der Waals surface area contributed by atoms with E-state index in [-0.39, 0.29) is 17.7 Å². The van der Waals surface area contributed by atoms with Gasteiger partial charge in [-0.2, -0.15) is 13.2 Å². The second kappa shape index (κ2) is 24.1. The van der Waals surface area contributed by atoms with Crippen LogP contribution in [0.15, 0.2) is 67.1 Å². The van der Waals surface area contributed by atoms with Gasteiger partial charge in [0.05, 0.1) is 68.6 Å². The number of amides is 4. The Bertz CT molecular complexity index is 2790. The van der Waals surface area contributed by atoms with E-state index >= 15 is 8.78 Å². The zero-order chi connectivity index (χ0) is 56.0. The normalized spacial score (nSPS) is 18.5. The topological polar surface area (TPSA) is 213 Å². The number of fused-ring (bicyclic) bond motifs is 2. The third-order valence-electron chi connectivity index (χ3n) is 14.3. The van der Waals surface area contributed by atoms with Crippen molar-refractivity contribution in [3.05, 3.63) is 107 Å². The first-order valence-electron chi connectivity index (χ1n) is 25.1. The second-order valence-electron chi connectivity index (χ2n) is 21.2. The number of pyridine rings is 1. The summed E-state index contributed by atoms with van der Waals surface area (Å²) in [7, 11) is 1.98. The Kier molecular flexibility index (Phi) is 18.1. The molecule has 2 unspecified atom stereocenters. The SMILES string of the molecule is COC(=O)N[C@H](C(=O)NN(Cc1c(F)cc(-c2cnccn2)cc1F)C[C@H](O)[C@H](Cc1ccc(C#Cc2ccc(N3CC4CCC(C3)N4C3COC3)nc2C)cc1)NC(=O)[C@@H](NC(=O)OC)C(C)(C)C(F)(F)F)C(C)(C)C. The Labute approximate surface area is 443 Å². The quantitative estimate of drug-likeness (QED) is 0.0497. The molecule has 0 radical (unpaired) electrons. The summed E-state index contributed by atoms with van der Waals surface area (Å²) in [6.45, 7) is 9.98. The lowest BCUT2D eigenvalue weighted by molar-refractivity contribution is -0.220. The summed E-state index contributed by atoms with van der Waals surface area (Å²) in [6.07, 6.45) is -3.23. The maximum absolute atomic E-state index is 16.0. The van der Waals surface area contributed by atoms with Crippen LogP contribution in [0.4, 0.5) is 37.4 Å². The van der Waals surface area contributed by atoms with E-state index in [4.69, 9.17) is 14.5 Å². The predicted octanol–water partition coefficient (Wildman–Crippen LogP) is 5.58. The lowest BCUT2D eigenvalue weighted by atomic mass is 9.82. The molecule has 3 saturated heterocycles. The summed E-state index contributed by atoms with van der Waals surface area (Å²) >= 11 is 0. The van der Waals surface area contributed by atoms with Crippen molar-refractivity contribution in [1.82, 2.24) is 46.2 Å². The highest BCUT2D eigenvalue weighted by Gasteiger charge is 2.56. The zero-order valence-corrected chi connectivity index (χ0v) is 44.1. The average Bonchev–Trinajstić information content (AvgIpc) is 3.62. The van der Waals surface area contributed by atoms with Crippen molar-refractivity contribution in [3.8, 4) is 23.1 Å². The van der Waals surface area contributed by atoms with Gasteiger partial charge in [0.1, 0.15) is 29.5 Å². The maximum Gasteiger partial charge on any atom is 0.407 e. The molecule has 3 fully saturated rings. The number of alkyl carbamates (subject to hydrolysis) is 2. The van der Waals surface area contributed by atoms with Crippen molar-refractivity contribution in [2.75, 3.05) is 52.0 Å². The van der Waals surface area contributed by atoms with Crippen molar-refractivity contribution in [3.63, 3.8) is 0 Å². The first-order chi connectivity index (χ1) is 36.4. The minimum absolute atomic E-state index is 0.0342. The maximum atomic E-state index is 16.0. The molecule has 7 rings (SSSR count). The van der Waals surface area contributed by atoms with E-state index in [2.05, 4.69) is 52.4 Å². The number of anilines is 1. The van der Waals surface area contributed by atoms with Gasteiger partial charge in [-0.25, -0.2) is 28.4 Å². The molecule has 0 saturated carbocycles. The summed E-state index contributed by atoms with van der Waals surface area (Å²) in [5.41, 5.74) is 0.678. The minimum Gasteiger partial charge on any atom is -0.453 e. The smallest absolute Gasteiger partial charge is 0.407 e. The van der Waals surface area contributed by atoms with Crippen molar-refractivity contribution >= 4 is 29.8 Å². The molecule has 414 valence electrons. The van der Waals surface area contributed by atoms with Crippen LogP contribution in [-0.2, 0) is 36.8 Å². The third kappa shape index (κ3) is 14.0. The van der Waals surface area contributed by atoms with Crippen molar-refractivity contribution in [1.29, 1.82) is 0 Å². The van der Waals surface area contributed by atoms with Gasteiger partial charge in [-0.15, -0.1) is 0 Å². The van der Waals surface area contributed by atoms with E-state index in [1.54, 1.807) is 45.0 Å². The molecule has 2 bridgehead atoms. The van der Waals surface area contributed by atoms with Gasteiger partial charge in [-0.05, 0) is 87.4 Å². The van der Waals surface area contributed by atoms with Gasteiger partial charge in [-0.3, -0.25) is 29.9 Å². The van der Waals surface area contributed by atoms with Crippen molar-refractivity contribution < 1.29 is 60.4 Å². The van der Waals surface area contributed by atoms with Crippen LogP contribution in [-0.4, -0.2) is 150 Å². The lowest BCUT2D eigenvalue weighted by Gasteiger charge is -2.48. The van der Waals surface area contributed by atoms with Gasteiger partial charge in [0.2, 0.25) is 5.91 Å². The highest BCUT2D eigenvalue weighted by Crippen LogP contribution is 2.41. The van der Waals surface area contributed by atoms with Crippen LogP contribution in [0.2, 0.25) is 0 Å². The van der Waals surface area contributed by atoms with Gasteiger partial charge in [0, 0.05) is 72.9 Å². The molecule has 0 spiro atoms. The standard InChI is InChI=1S/C54H65F5N10O8/c1-31-34(15-18-45(62-31)67-25-36-16-17-37(26-67)69(36)38-29-77-30-38)14-13-32-9-11-33(12-10-32)21-42(63-48(71)47(65-51(74)76-8)53(5,6)54(57,58)59)44(70)28-68(66-49(72)46(52(2,3)4)64-50(73)75-7)27-39-40(55)22-35(23-41(39)56)43-24-60-19-20-61-43/h9-12,15,18-20,22-24,36-38,42,44,46-47,70H,16-17,21,25-30H2,1-8H3,(H,63,71)(H,64,73)(H,65,74)(H,66,72)/t36?,37?,42-,44-,46+,47+/m0/s1. The highest BCUT2D eigenvalue weighted by molar-refractivity contribution is 5.87. The van der Waals surface area contributed by atoms with E-state index < -0.39 is 95.5 Å². The van der Waals surface area contributed by atoms with Crippen molar-refractivity contribution in [2.24, 2.45) is 10.8 Å². The molecule has 5 N–H and O–H groups in total. The van der Waals surface area contributed by atoms with E-state index in [0.717, 1.165) is 82.0 Å². The molecule has 6 atom stereocenters. The molecule has 0 aliphatic carbocycles. The van der Waals surface area contributed by atoms with Crippen LogP contribution in [0.5, 0.6) is 0 Å². The fourth-order valence-electron chi connectivity index (χ4n) is 9.67. The minimum atomic E-state index is -5.06. The molecule has 77 heavy (non-hydrogen) atoms. The lowest BCUT2D eigenvalue weighted by Crippen LogP contribution is -2.63. The number of aryl methyl sites for hydroxylation is 1. The number of aromatic nitrogens is 3. The molecule has 3 aliphatic heterocycles. The van der Waals surface area contributed by atoms with E-state index in [1.807, 2.05) is 24.4 Å². The number of piperazine rings is 1. The molecule has 4 aromatic rings. The largest absolute Gasteiger partial charge is 0.453 e. The van der Waals surface area contributed by atoms with E-state index in [0.29, 0.717) is 48.7 Å². The van der Waals surface area contributed by atoms with Crippen LogP contribution in [0.25, 0.3) is 11.3 Å². The summed E-state index contributed by atoms with van der Waals surface area (Å²) in [4.78, 5) is 71.0. The number of nitrogens with one attached hydrogen (secondary N) is 4. The number of halogens is 5. The summed E-state index contributed by atoms with van der Waals surface area (Å²) < 4.78 is 90.6. The number of hydrazine groups is 1. The molecule has 3 aliphatic rings. The van der Waals surface area contributed by atoms with E-state index in [9.17, 15) is 37.5 Å². The fraction of sp³-hybridized carbons (Fsp3) is 0.500. The molecule has 2 aromatic heterocycles. The number of carbonyl (C=O) groups is 4. The second-order valence-corrected chi connectivity index (χ2v) is 21.2. The number of alkyl halides is 3. The molecule has 18 nitrogen and oxygen atoms in total. The van der Waals surface area contributed by atoms with Crippen LogP contribution < -0.4 is 26.3 Å². The Balaban J connectivity index is 1.16. The number of ether oxygens (including phenoxy) is 3. The number of nitrogens with zero attached hydrogens (tertiary/aromatic N) is 6. The van der Waals surface area contributed by atoms with Crippen molar-refractivity contribution in [2.45, 2.75) is 116 Å². The average molecular weight is 1080 g/mol. The van der Waals surface area contributed by atoms with Gasteiger partial charge in [-0.1, -0.05) is 44.7 Å². The van der Waals surface area contributed by atoms with Gasteiger partial charge >= 0.3 is 18.4 Å². The molecular formula is C54H65F5N10O8. The number of carbonyl (C=O) groups excluding carboxylic acids is 4. The number of benzene rings is 2. The predicted molar refractivity (Wildman–Crippen MR) is 272 cm³/mol. The van der Waals surface area contributed by atoms with Crippen LogP contribution >= 0.6 is 0 Å². The number of methoxy groups -OCH3 is 2. The fourth-order valence-corrected chi connectivity index (χ4v) is 9.67. The van der Waals surface area contributed by atoms with Crippen LogP contribution in [0.1, 0.15) is 75.4 Å². The van der Waals surface area contributed by atoms with Crippen LogP contribution in [0.3, 0.4) is 0 Å².